The van der Waals surface area contributed by atoms with Gasteiger partial charge in [-0.15, -0.1) is 0 Å². The summed E-state index contributed by atoms with van der Waals surface area (Å²) in [5.74, 6) is 0.828. The van der Waals surface area contributed by atoms with E-state index in [1.807, 2.05) is 0 Å². The third-order valence-electron chi connectivity index (χ3n) is 4.41. The lowest BCUT2D eigenvalue weighted by Crippen LogP contribution is -2.35. The summed E-state index contributed by atoms with van der Waals surface area (Å²) in [6.45, 7) is 16.6. The molecule has 0 aliphatic carbocycles. The van der Waals surface area contributed by atoms with Crippen LogP contribution in [-0.2, 0) is 0 Å². The fourth-order valence-corrected chi connectivity index (χ4v) is 1.80. The van der Waals surface area contributed by atoms with Crippen LogP contribution in [0.5, 0.6) is 0 Å². The molecule has 0 aliphatic heterocycles. The summed E-state index contributed by atoms with van der Waals surface area (Å²) in [6.07, 6.45) is 5.52. The Morgan fingerprint density at radius 1 is 0.929 bits per heavy atom. The Morgan fingerprint density at radius 2 is 1.43 bits per heavy atom. The second-order valence-electron chi connectivity index (χ2n) is 6.37. The smallest absolute Gasteiger partial charge is 0.0280 e. The molecule has 0 nitrogen and oxygen atoms in total. The van der Waals surface area contributed by atoms with Gasteiger partial charge in [0.1, 0.15) is 0 Å². The summed E-state index contributed by atoms with van der Waals surface area (Å²) in [6, 6.07) is 0. The first-order valence-corrected chi connectivity index (χ1v) is 6.23. The predicted octanol–water partition coefficient (Wildman–Crippen LogP) is 5.28. The van der Waals surface area contributed by atoms with Crippen molar-refractivity contribution in [1.82, 2.24) is 0 Å². The molecule has 0 aromatic carbocycles. The summed E-state index contributed by atoms with van der Waals surface area (Å²) in [5, 5.41) is 0. The predicted molar refractivity (Wildman–Crippen MR) is 66.5 cm³/mol. The van der Waals surface area contributed by atoms with Crippen LogP contribution in [0.2, 0.25) is 0 Å². The van der Waals surface area contributed by atoms with Gasteiger partial charge >= 0.3 is 0 Å². The summed E-state index contributed by atoms with van der Waals surface area (Å²) >= 11 is 0. The molecule has 0 bridgehead atoms. The number of rotatable bonds is 5. The average Bonchev–Trinajstić information content (AvgIpc) is 2.02. The van der Waals surface area contributed by atoms with Gasteiger partial charge in [0.05, 0.1) is 0 Å². The van der Waals surface area contributed by atoms with Crippen molar-refractivity contribution < 1.29 is 0 Å². The number of hydrogen-bond donors (Lipinski definition) is 0. The number of hydrogen-bond acceptors (Lipinski definition) is 0. The third-order valence-corrected chi connectivity index (χ3v) is 4.41. The topological polar surface area (TPSA) is 0 Å². The highest BCUT2D eigenvalue weighted by molar-refractivity contribution is 4.86. The zero-order valence-corrected chi connectivity index (χ0v) is 11.4. The maximum absolute atomic E-state index is 2.42. The van der Waals surface area contributed by atoms with E-state index in [1.54, 1.807) is 0 Å². The van der Waals surface area contributed by atoms with E-state index in [-0.39, 0.29) is 0 Å². The molecule has 0 heteroatoms. The summed E-state index contributed by atoms with van der Waals surface area (Å²) in [5.41, 5.74) is 0.860. The Balaban J connectivity index is 4.15. The molecule has 0 amide bonds. The molecule has 1 unspecified atom stereocenters. The van der Waals surface area contributed by atoms with Gasteiger partial charge in [0.2, 0.25) is 0 Å². The second kappa shape index (κ2) is 5.19. The molecular weight excluding hydrogens is 168 g/mol. The zero-order valence-electron chi connectivity index (χ0n) is 11.4. The Labute approximate surface area is 91.5 Å². The first kappa shape index (κ1) is 14.0. The van der Waals surface area contributed by atoms with Crippen LogP contribution in [0.3, 0.4) is 0 Å². The van der Waals surface area contributed by atoms with Crippen LogP contribution in [0.1, 0.15) is 74.1 Å². The second-order valence-corrected chi connectivity index (χ2v) is 6.37. The normalized spacial score (nSPS) is 15.6. The highest BCUT2D eigenvalue weighted by atomic mass is 14.4. The van der Waals surface area contributed by atoms with Crippen LogP contribution in [-0.4, -0.2) is 0 Å². The molecule has 14 heavy (non-hydrogen) atoms. The monoisotopic (exact) mass is 198 g/mol. The van der Waals surface area contributed by atoms with Crippen molar-refractivity contribution in [2.24, 2.45) is 16.7 Å². The molecule has 0 spiro atoms. The minimum Gasteiger partial charge on any atom is -0.0654 e. The van der Waals surface area contributed by atoms with E-state index in [4.69, 9.17) is 0 Å². The Bertz CT molecular complexity index is 148. The maximum atomic E-state index is 2.42. The maximum Gasteiger partial charge on any atom is -0.0280 e. The zero-order chi connectivity index (χ0) is 11.4. The van der Waals surface area contributed by atoms with Crippen LogP contribution in [0.25, 0.3) is 0 Å². The molecule has 0 aromatic heterocycles. The van der Waals surface area contributed by atoms with Gasteiger partial charge in [0.25, 0.3) is 0 Å². The van der Waals surface area contributed by atoms with Crippen LogP contribution in [0, 0.1) is 16.7 Å². The van der Waals surface area contributed by atoms with Crippen molar-refractivity contribution in [3.63, 3.8) is 0 Å². The van der Waals surface area contributed by atoms with Gasteiger partial charge in [-0.05, 0) is 16.7 Å². The molecule has 0 aliphatic rings. The van der Waals surface area contributed by atoms with E-state index in [0.29, 0.717) is 10.8 Å². The van der Waals surface area contributed by atoms with E-state index >= 15 is 0 Å². The molecule has 0 saturated heterocycles. The SMILES string of the molecule is CCCCCC(C)C(C)(C)C(C)(C)C. The molecular formula is C14H30. The van der Waals surface area contributed by atoms with Gasteiger partial charge in [-0.25, -0.2) is 0 Å². The van der Waals surface area contributed by atoms with Crippen molar-refractivity contribution in [2.45, 2.75) is 74.1 Å². The van der Waals surface area contributed by atoms with Crippen molar-refractivity contribution in [1.29, 1.82) is 0 Å². The van der Waals surface area contributed by atoms with E-state index in [9.17, 15) is 0 Å². The Hall–Kier alpha value is 0. The third kappa shape index (κ3) is 3.63. The van der Waals surface area contributed by atoms with Crippen molar-refractivity contribution >= 4 is 0 Å². The molecule has 0 heterocycles. The Kier molecular flexibility index (Phi) is 5.19. The largest absolute Gasteiger partial charge is 0.0654 e. The standard InChI is InChI=1S/C14H30/c1-8-9-10-11-12(2)14(6,7)13(3,4)5/h12H,8-11H2,1-7H3. The fourth-order valence-electron chi connectivity index (χ4n) is 1.80. The lowest BCUT2D eigenvalue weighted by Gasteiger charge is -2.44. The fraction of sp³-hybridized carbons (Fsp3) is 1.00. The van der Waals surface area contributed by atoms with Crippen LogP contribution in [0.4, 0.5) is 0 Å². The Morgan fingerprint density at radius 3 is 1.79 bits per heavy atom. The van der Waals surface area contributed by atoms with Gasteiger partial charge in [0.15, 0.2) is 0 Å². The lowest BCUT2D eigenvalue weighted by molar-refractivity contribution is 0.0578. The molecule has 0 radical (unpaired) electrons. The minimum absolute atomic E-state index is 0.415. The van der Waals surface area contributed by atoms with Gasteiger partial charge in [0, 0.05) is 0 Å². The van der Waals surface area contributed by atoms with Gasteiger partial charge < -0.3 is 0 Å². The molecule has 86 valence electrons. The molecule has 0 saturated carbocycles. The van der Waals surface area contributed by atoms with Crippen molar-refractivity contribution in [2.75, 3.05) is 0 Å². The summed E-state index contributed by atoms with van der Waals surface area (Å²) in [7, 11) is 0. The highest BCUT2D eigenvalue weighted by Crippen LogP contribution is 2.45. The summed E-state index contributed by atoms with van der Waals surface area (Å²) in [4.78, 5) is 0. The van der Waals surface area contributed by atoms with E-state index in [2.05, 4.69) is 48.5 Å². The van der Waals surface area contributed by atoms with E-state index in [1.165, 1.54) is 25.7 Å². The molecule has 0 fully saturated rings. The van der Waals surface area contributed by atoms with E-state index < -0.39 is 0 Å². The van der Waals surface area contributed by atoms with Gasteiger partial charge in [-0.2, -0.15) is 0 Å². The first-order valence-electron chi connectivity index (χ1n) is 6.23. The van der Waals surface area contributed by atoms with Crippen LogP contribution < -0.4 is 0 Å². The quantitative estimate of drug-likeness (QED) is 0.528. The van der Waals surface area contributed by atoms with E-state index in [0.717, 1.165) is 5.92 Å². The van der Waals surface area contributed by atoms with Gasteiger partial charge in [-0.3, -0.25) is 0 Å². The van der Waals surface area contributed by atoms with Crippen molar-refractivity contribution in [3.8, 4) is 0 Å². The average molecular weight is 198 g/mol. The summed E-state index contributed by atoms with van der Waals surface area (Å²) < 4.78 is 0. The minimum atomic E-state index is 0.415. The molecule has 0 rings (SSSR count). The highest BCUT2D eigenvalue weighted by Gasteiger charge is 2.36. The first-order chi connectivity index (χ1) is 6.23. The van der Waals surface area contributed by atoms with Crippen LogP contribution >= 0.6 is 0 Å². The van der Waals surface area contributed by atoms with Gasteiger partial charge in [-0.1, -0.05) is 74.1 Å². The molecule has 0 aromatic rings. The molecule has 1 atom stereocenters. The van der Waals surface area contributed by atoms with Crippen LogP contribution in [0.15, 0.2) is 0 Å². The van der Waals surface area contributed by atoms with Crippen molar-refractivity contribution in [3.05, 3.63) is 0 Å². The number of unbranched alkanes of at least 4 members (excludes halogenated alkanes) is 2. The lowest BCUT2D eigenvalue weighted by atomic mass is 9.61. The molecule has 0 N–H and O–H groups in total.